The number of carbonyl (C=O) groups excluding carboxylic acids is 3. The number of anilines is 1. The second-order valence-corrected chi connectivity index (χ2v) is 7.88. The molecule has 3 rings (SSSR count). The van der Waals surface area contributed by atoms with Gasteiger partial charge in [0.1, 0.15) is 5.41 Å². The van der Waals surface area contributed by atoms with Gasteiger partial charge < -0.3 is 4.90 Å². The van der Waals surface area contributed by atoms with Crippen molar-refractivity contribution in [1.29, 1.82) is 0 Å². The Morgan fingerprint density at radius 2 is 1.85 bits per heavy atom. The topological polar surface area (TPSA) is 69.7 Å². The van der Waals surface area contributed by atoms with Crippen molar-refractivity contribution in [1.82, 2.24) is 10.2 Å². The number of urea groups is 1. The van der Waals surface area contributed by atoms with Crippen LogP contribution in [0.2, 0.25) is 0 Å². The zero-order valence-corrected chi connectivity index (χ0v) is 16.5. The number of rotatable bonds is 6. The number of carbonyl (C=O) groups is 3. The van der Waals surface area contributed by atoms with E-state index in [1.807, 2.05) is 37.1 Å². The second-order valence-electron chi connectivity index (χ2n) is 7.88. The van der Waals surface area contributed by atoms with Gasteiger partial charge >= 0.3 is 6.03 Å². The summed E-state index contributed by atoms with van der Waals surface area (Å²) >= 11 is 0. The number of amides is 4. The van der Waals surface area contributed by atoms with Crippen LogP contribution in [0.5, 0.6) is 0 Å². The third-order valence-corrected chi connectivity index (χ3v) is 5.69. The maximum Gasteiger partial charge on any atom is 0.330 e. The van der Waals surface area contributed by atoms with E-state index in [0.717, 1.165) is 48.9 Å². The van der Waals surface area contributed by atoms with Crippen molar-refractivity contribution < 1.29 is 14.4 Å². The van der Waals surface area contributed by atoms with Crippen LogP contribution in [0.15, 0.2) is 18.2 Å². The zero-order valence-electron chi connectivity index (χ0n) is 16.5. The van der Waals surface area contributed by atoms with Gasteiger partial charge in [0.15, 0.2) is 0 Å². The first kappa shape index (κ1) is 19.4. The number of nitrogens with one attached hydrogen (secondary N) is 1. The summed E-state index contributed by atoms with van der Waals surface area (Å²) in [5.74, 6) is -0.829. The molecule has 0 bridgehead atoms. The third kappa shape index (κ3) is 3.57. The van der Waals surface area contributed by atoms with Crippen molar-refractivity contribution in [2.75, 3.05) is 25.0 Å². The van der Waals surface area contributed by atoms with E-state index in [1.165, 1.54) is 4.90 Å². The lowest BCUT2D eigenvalue weighted by atomic mass is 9.74. The monoisotopic (exact) mass is 371 g/mol. The van der Waals surface area contributed by atoms with Crippen molar-refractivity contribution in [2.24, 2.45) is 5.41 Å². The Kier molecular flexibility index (Phi) is 5.53. The van der Waals surface area contributed by atoms with Crippen LogP contribution in [0.25, 0.3) is 0 Å². The molecule has 2 aliphatic heterocycles. The van der Waals surface area contributed by atoms with Crippen LogP contribution in [-0.2, 0) is 16.0 Å². The van der Waals surface area contributed by atoms with E-state index in [9.17, 15) is 14.4 Å². The molecule has 1 N–H and O–H groups in total. The largest absolute Gasteiger partial charge is 0.373 e. The third-order valence-electron chi connectivity index (χ3n) is 5.69. The zero-order chi connectivity index (χ0) is 19.6. The first-order valence-electron chi connectivity index (χ1n) is 9.87. The van der Waals surface area contributed by atoms with Crippen LogP contribution in [0.1, 0.15) is 50.2 Å². The molecule has 1 aromatic carbocycles. The molecule has 2 aliphatic rings. The number of imide groups is 2. The molecule has 1 aromatic rings. The molecular weight excluding hydrogens is 342 g/mol. The van der Waals surface area contributed by atoms with E-state index in [-0.39, 0.29) is 12.5 Å². The van der Waals surface area contributed by atoms with E-state index in [2.05, 4.69) is 12.2 Å². The number of hydrogen-bond donors (Lipinski definition) is 1. The molecule has 0 saturated carbocycles. The van der Waals surface area contributed by atoms with E-state index in [0.29, 0.717) is 13.0 Å². The number of benzene rings is 1. The summed E-state index contributed by atoms with van der Waals surface area (Å²) in [7, 11) is 1.89. The summed E-state index contributed by atoms with van der Waals surface area (Å²) in [6.45, 7) is 4.80. The van der Waals surface area contributed by atoms with Crippen molar-refractivity contribution in [3.05, 3.63) is 29.3 Å². The lowest BCUT2D eigenvalue weighted by Gasteiger charge is -2.45. The average molecular weight is 371 g/mol. The molecule has 2 heterocycles. The molecule has 6 nitrogen and oxygen atoms in total. The van der Waals surface area contributed by atoms with Gasteiger partial charge in [-0.15, -0.1) is 0 Å². The van der Waals surface area contributed by atoms with Gasteiger partial charge in [0.2, 0.25) is 11.8 Å². The van der Waals surface area contributed by atoms with Crippen LogP contribution in [0, 0.1) is 12.3 Å². The minimum absolute atomic E-state index is 0.285. The number of barbiturate groups is 1. The van der Waals surface area contributed by atoms with Gasteiger partial charge in [0, 0.05) is 25.8 Å². The standard InChI is InChI=1S/C21H29N3O3/c1-4-5-6-7-8-11-24-19(26)21(18(25)22-20(24)27)13-16-12-15(2)9-10-17(16)23(3)14-21/h9-10,12H,4-8,11,13-14H2,1-3H3,(H,22,25,27)/t21-/m0/s1. The van der Waals surface area contributed by atoms with Gasteiger partial charge in [0.05, 0.1) is 0 Å². The highest BCUT2D eigenvalue weighted by atomic mass is 16.2. The molecule has 0 aliphatic carbocycles. The van der Waals surface area contributed by atoms with Crippen LogP contribution < -0.4 is 10.2 Å². The van der Waals surface area contributed by atoms with Crippen molar-refractivity contribution in [3.63, 3.8) is 0 Å². The summed E-state index contributed by atoms with van der Waals surface area (Å²) in [4.78, 5) is 41.6. The van der Waals surface area contributed by atoms with Gasteiger partial charge in [-0.25, -0.2) is 4.79 Å². The van der Waals surface area contributed by atoms with Gasteiger partial charge in [-0.2, -0.15) is 0 Å². The molecule has 0 unspecified atom stereocenters. The molecule has 1 atom stereocenters. The lowest BCUT2D eigenvalue weighted by molar-refractivity contribution is -0.151. The molecule has 1 saturated heterocycles. The molecule has 1 fully saturated rings. The van der Waals surface area contributed by atoms with Gasteiger partial charge in [-0.3, -0.25) is 19.8 Å². The predicted molar refractivity (Wildman–Crippen MR) is 105 cm³/mol. The maximum atomic E-state index is 13.3. The Bertz CT molecular complexity index is 761. The molecule has 0 aromatic heterocycles. The van der Waals surface area contributed by atoms with Crippen molar-refractivity contribution in [2.45, 2.75) is 52.4 Å². The molecule has 4 amide bonds. The summed E-state index contributed by atoms with van der Waals surface area (Å²) < 4.78 is 0. The highest BCUT2D eigenvalue weighted by molar-refractivity contribution is 6.20. The summed E-state index contributed by atoms with van der Waals surface area (Å²) in [5, 5.41) is 2.44. The van der Waals surface area contributed by atoms with Crippen LogP contribution in [0.4, 0.5) is 10.5 Å². The van der Waals surface area contributed by atoms with Crippen LogP contribution in [0.3, 0.4) is 0 Å². The fraction of sp³-hybridized carbons (Fsp3) is 0.571. The summed E-state index contributed by atoms with van der Waals surface area (Å²) in [6, 6.07) is 5.50. The van der Waals surface area contributed by atoms with Gasteiger partial charge in [-0.05, 0) is 31.4 Å². The number of hydrogen-bond acceptors (Lipinski definition) is 4. The SMILES string of the molecule is CCCCCCCN1C(=O)NC(=O)[C@@]2(Cc3cc(C)ccc3N(C)C2)C1=O. The Morgan fingerprint density at radius 3 is 2.59 bits per heavy atom. The first-order valence-corrected chi connectivity index (χ1v) is 9.87. The number of fused-ring (bicyclic) bond motifs is 1. The first-order chi connectivity index (χ1) is 12.9. The van der Waals surface area contributed by atoms with Crippen molar-refractivity contribution >= 4 is 23.5 Å². The summed E-state index contributed by atoms with van der Waals surface area (Å²) in [6.07, 6.45) is 5.48. The maximum absolute atomic E-state index is 13.3. The van der Waals surface area contributed by atoms with Gasteiger partial charge in [-0.1, -0.05) is 50.3 Å². The second kappa shape index (κ2) is 7.71. The highest BCUT2D eigenvalue weighted by Gasteiger charge is 2.56. The molecular formula is C21H29N3O3. The Hall–Kier alpha value is -2.37. The fourth-order valence-electron chi connectivity index (χ4n) is 4.20. The van der Waals surface area contributed by atoms with E-state index < -0.39 is 17.4 Å². The van der Waals surface area contributed by atoms with Crippen molar-refractivity contribution in [3.8, 4) is 0 Å². The van der Waals surface area contributed by atoms with E-state index in [1.54, 1.807) is 0 Å². The lowest BCUT2D eigenvalue weighted by Crippen LogP contribution is -2.68. The normalized spacial score (nSPS) is 22.3. The molecule has 27 heavy (non-hydrogen) atoms. The Morgan fingerprint density at radius 1 is 1.11 bits per heavy atom. The highest BCUT2D eigenvalue weighted by Crippen LogP contribution is 2.39. The van der Waals surface area contributed by atoms with E-state index in [4.69, 9.17) is 0 Å². The van der Waals surface area contributed by atoms with E-state index >= 15 is 0 Å². The van der Waals surface area contributed by atoms with Gasteiger partial charge in [0.25, 0.3) is 0 Å². The fourth-order valence-corrected chi connectivity index (χ4v) is 4.20. The Labute approximate surface area is 160 Å². The Balaban J connectivity index is 1.82. The minimum atomic E-state index is -1.23. The quantitative estimate of drug-likeness (QED) is 0.616. The number of unbranched alkanes of at least 4 members (excludes halogenated alkanes) is 4. The number of aryl methyl sites for hydroxylation is 1. The smallest absolute Gasteiger partial charge is 0.330 e. The molecule has 6 heteroatoms. The van der Waals surface area contributed by atoms with Crippen LogP contribution in [-0.4, -0.2) is 42.9 Å². The minimum Gasteiger partial charge on any atom is -0.373 e. The van der Waals surface area contributed by atoms with Crippen LogP contribution >= 0.6 is 0 Å². The predicted octanol–water partition coefficient (Wildman–Crippen LogP) is 3.02. The molecule has 1 spiro atoms. The number of nitrogens with zero attached hydrogens (tertiary/aromatic N) is 2. The molecule has 146 valence electrons. The summed E-state index contributed by atoms with van der Waals surface area (Å²) in [5.41, 5.74) is 1.87. The average Bonchev–Trinajstić information content (AvgIpc) is 2.62. The molecule has 0 radical (unpaired) electrons.